The van der Waals surface area contributed by atoms with Gasteiger partial charge in [-0.3, -0.25) is 14.5 Å². The first kappa shape index (κ1) is 22.4. The Hall–Kier alpha value is -3.28. The van der Waals surface area contributed by atoms with Crippen molar-refractivity contribution >= 4 is 39.9 Å². The highest BCUT2D eigenvalue weighted by atomic mass is 32.1. The summed E-state index contributed by atoms with van der Waals surface area (Å²) >= 11 is 1.24. The number of thiazole rings is 1. The summed E-state index contributed by atoms with van der Waals surface area (Å²) in [6.45, 7) is -2.55. The van der Waals surface area contributed by atoms with Gasteiger partial charge in [0, 0.05) is 30.5 Å². The third-order valence-electron chi connectivity index (χ3n) is 4.38. The Morgan fingerprint density at radius 1 is 1.29 bits per heavy atom. The van der Waals surface area contributed by atoms with Crippen molar-refractivity contribution < 1.29 is 37.4 Å². The largest absolute Gasteiger partial charge is 0.493 e. The molecule has 0 unspecified atom stereocenters. The van der Waals surface area contributed by atoms with Gasteiger partial charge in [-0.05, 0) is 6.42 Å². The lowest BCUT2D eigenvalue weighted by Crippen LogP contribution is -2.23. The van der Waals surface area contributed by atoms with Crippen LogP contribution < -0.4 is 19.7 Å². The van der Waals surface area contributed by atoms with E-state index >= 15 is 0 Å². The minimum absolute atomic E-state index is 0.0159. The number of hydrogen-bond acceptors (Lipinski definition) is 8. The van der Waals surface area contributed by atoms with E-state index in [4.69, 9.17) is 4.74 Å². The summed E-state index contributed by atoms with van der Waals surface area (Å²) in [6.07, 6.45) is 1.06. The molecule has 2 aromatic rings. The molecule has 0 radical (unpaired) electrons. The first-order valence-corrected chi connectivity index (χ1v) is 10.00. The Bertz CT molecular complexity index is 997. The zero-order valence-electron chi connectivity index (χ0n) is 16.6. The van der Waals surface area contributed by atoms with Crippen molar-refractivity contribution in [3.05, 3.63) is 28.8 Å². The number of ether oxygens (including phenoxy) is 3. The lowest BCUT2D eigenvalue weighted by molar-refractivity contribution is -0.117. The van der Waals surface area contributed by atoms with Crippen LogP contribution in [0.1, 0.15) is 28.9 Å². The van der Waals surface area contributed by atoms with Gasteiger partial charge < -0.3 is 19.5 Å². The second-order valence-electron chi connectivity index (χ2n) is 6.41. The van der Waals surface area contributed by atoms with E-state index in [9.17, 15) is 23.2 Å². The smallest absolute Gasteiger partial charge is 0.387 e. The van der Waals surface area contributed by atoms with Crippen molar-refractivity contribution in [1.82, 2.24) is 4.98 Å². The van der Waals surface area contributed by atoms with Crippen molar-refractivity contribution in [3.63, 3.8) is 0 Å². The summed E-state index contributed by atoms with van der Waals surface area (Å²) in [5.41, 5.74) is 0.240. The molecule has 166 valence electrons. The highest BCUT2D eigenvalue weighted by Crippen LogP contribution is 2.35. The van der Waals surface area contributed by atoms with Gasteiger partial charge in [0.15, 0.2) is 16.6 Å². The number of amides is 2. The second kappa shape index (κ2) is 9.69. The second-order valence-corrected chi connectivity index (χ2v) is 7.25. The molecule has 1 saturated heterocycles. The SMILES string of the molecule is COC(=O)c1cc(OC)c(OC(F)F)cc1NC(=O)Cc1csc(N2CCCC2=O)n1. The summed E-state index contributed by atoms with van der Waals surface area (Å²) in [5, 5.41) is 4.66. The number of nitrogens with one attached hydrogen (secondary N) is 1. The van der Waals surface area contributed by atoms with Gasteiger partial charge in [-0.25, -0.2) is 9.78 Å². The van der Waals surface area contributed by atoms with E-state index < -0.39 is 18.5 Å². The molecule has 2 amide bonds. The van der Waals surface area contributed by atoms with Crippen molar-refractivity contribution in [2.24, 2.45) is 0 Å². The first-order valence-electron chi connectivity index (χ1n) is 9.12. The van der Waals surface area contributed by atoms with Crippen molar-refractivity contribution in [1.29, 1.82) is 0 Å². The van der Waals surface area contributed by atoms with Crippen LogP contribution in [0.4, 0.5) is 19.6 Å². The third kappa shape index (κ3) is 5.26. The fourth-order valence-electron chi connectivity index (χ4n) is 3.00. The van der Waals surface area contributed by atoms with Crippen molar-refractivity contribution in [2.75, 3.05) is 31.0 Å². The molecule has 0 aliphatic carbocycles. The molecule has 9 nitrogen and oxygen atoms in total. The van der Waals surface area contributed by atoms with Crippen LogP contribution in [-0.2, 0) is 20.7 Å². The van der Waals surface area contributed by atoms with Crippen LogP contribution in [0.5, 0.6) is 11.5 Å². The maximum atomic E-state index is 12.7. The van der Waals surface area contributed by atoms with Crippen LogP contribution in [0.15, 0.2) is 17.5 Å². The number of nitrogens with zero attached hydrogens (tertiary/aromatic N) is 2. The number of hydrogen-bond donors (Lipinski definition) is 1. The molecule has 2 heterocycles. The average molecular weight is 455 g/mol. The van der Waals surface area contributed by atoms with Crippen LogP contribution in [0.25, 0.3) is 0 Å². The van der Waals surface area contributed by atoms with E-state index in [0.717, 1.165) is 25.7 Å². The molecule has 0 atom stereocenters. The number of alkyl halides is 2. The summed E-state index contributed by atoms with van der Waals surface area (Å²) in [6, 6.07) is 2.20. The van der Waals surface area contributed by atoms with E-state index in [0.29, 0.717) is 23.8 Å². The molecule has 0 saturated carbocycles. The number of methoxy groups -OCH3 is 2. The molecule has 31 heavy (non-hydrogen) atoms. The zero-order valence-corrected chi connectivity index (χ0v) is 17.5. The van der Waals surface area contributed by atoms with Gasteiger partial charge in [-0.1, -0.05) is 0 Å². The van der Waals surface area contributed by atoms with Crippen LogP contribution in [0.3, 0.4) is 0 Å². The van der Waals surface area contributed by atoms with Gasteiger partial charge in [-0.2, -0.15) is 8.78 Å². The number of halogens is 2. The fourth-order valence-corrected chi connectivity index (χ4v) is 3.87. The summed E-state index contributed by atoms with van der Waals surface area (Å²) in [7, 11) is 2.36. The Morgan fingerprint density at radius 3 is 2.68 bits per heavy atom. The number of carbonyl (C=O) groups excluding carboxylic acids is 3. The number of aromatic nitrogens is 1. The zero-order chi connectivity index (χ0) is 22.5. The van der Waals surface area contributed by atoms with Crippen LogP contribution in [0.2, 0.25) is 0 Å². The topological polar surface area (TPSA) is 107 Å². The molecule has 1 aliphatic heterocycles. The average Bonchev–Trinajstić information content (AvgIpc) is 3.35. The van der Waals surface area contributed by atoms with Crippen LogP contribution in [0, 0.1) is 0 Å². The normalized spacial score (nSPS) is 13.5. The van der Waals surface area contributed by atoms with E-state index in [2.05, 4.69) is 19.8 Å². The molecule has 3 rings (SSSR count). The van der Waals surface area contributed by atoms with Crippen LogP contribution in [-0.4, -0.2) is 50.1 Å². The molecule has 1 aliphatic rings. The van der Waals surface area contributed by atoms with Gasteiger partial charge in [0.1, 0.15) is 0 Å². The fraction of sp³-hybridized carbons (Fsp3) is 0.368. The molecule has 0 spiro atoms. The van der Waals surface area contributed by atoms with Gasteiger partial charge in [0.05, 0.1) is 37.6 Å². The Balaban J connectivity index is 1.80. The van der Waals surface area contributed by atoms with Crippen molar-refractivity contribution in [3.8, 4) is 11.5 Å². The van der Waals surface area contributed by atoms with E-state index in [1.807, 2.05) is 0 Å². The Kier molecular flexibility index (Phi) is 7.00. The van der Waals surface area contributed by atoms with E-state index in [-0.39, 0.29) is 35.1 Å². The number of rotatable bonds is 8. The summed E-state index contributed by atoms with van der Waals surface area (Å²) in [5.74, 6) is -1.86. The number of anilines is 2. The first-order chi connectivity index (χ1) is 14.8. The summed E-state index contributed by atoms with van der Waals surface area (Å²) < 4.78 is 39.5. The maximum absolute atomic E-state index is 12.7. The van der Waals surface area contributed by atoms with E-state index in [1.165, 1.54) is 18.4 Å². The Labute approximate surface area is 179 Å². The van der Waals surface area contributed by atoms with Gasteiger partial charge >= 0.3 is 12.6 Å². The minimum Gasteiger partial charge on any atom is -0.493 e. The maximum Gasteiger partial charge on any atom is 0.387 e. The highest BCUT2D eigenvalue weighted by Gasteiger charge is 2.25. The number of benzene rings is 1. The lowest BCUT2D eigenvalue weighted by Gasteiger charge is -2.15. The van der Waals surface area contributed by atoms with Gasteiger partial charge in [0.2, 0.25) is 11.8 Å². The molecule has 1 N–H and O–H groups in total. The molecule has 12 heteroatoms. The van der Waals surface area contributed by atoms with E-state index in [1.54, 1.807) is 10.3 Å². The van der Waals surface area contributed by atoms with Gasteiger partial charge in [-0.15, -0.1) is 11.3 Å². The minimum atomic E-state index is -3.14. The third-order valence-corrected chi connectivity index (χ3v) is 5.30. The van der Waals surface area contributed by atoms with Crippen molar-refractivity contribution in [2.45, 2.75) is 25.9 Å². The quantitative estimate of drug-likeness (QED) is 0.610. The predicted octanol–water partition coefficient (Wildman–Crippen LogP) is 2.85. The highest BCUT2D eigenvalue weighted by molar-refractivity contribution is 7.14. The lowest BCUT2D eigenvalue weighted by atomic mass is 10.1. The molecule has 1 fully saturated rings. The van der Waals surface area contributed by atoms with Gasteiger partial charge in [0.25, 0.3) is 0 Å². The monoisotopic (exact) mass is 455 g/mol. The summed E-state index contributed by atoms with van der Waals surface area (Å²) in [4.78, 5) is 42.3. The van der Waals surface area contributed by atoms with Crippen LogP contribution >= 0.6 is 11.3 Å². The molecule has 0 bridgehead atoms. The molecular formula is C19H19F2N3O6S. The molecular weight excluding hydrogens is 436 g/mol. The number of esters is 1. The predicted molar refractivity (Wildman–Crippen MR) is 107 cm³/mol. The molecule has 1 aromatic carbocycles. The standard InChI is InChI=1S/C19H19F2N3O6S/c1-28-13-7-11(17(27)29-2)12(8-14(13)30-18(20)21)23-15(25)6-10-9-31-19(22-10)24-5-3-4-16(24)26/h7-9,18H,3-6H2,1-2H3,(H,23,25). The molecule has 1 aromatic heterocycles. The number of carbonyl (C=O) groups is 3. The Morgan fingerprint density at radius 2 is 2.06 bits per heavy atom.